The van der Waals surface area contributed by atoms with Gasteiger partial charge < -0.3 is 0 Å². The van der Waals surface area contributed by atoms with Crippen molar-refractivity contribution in [3.8, 4) is 0 Å². The number of likely N-dealkylation sites (tertiary alicyclic amines) is 1. The maximum absolute atomic E-state index is 3.91. The average molecular weight is 201 g/mol. The molecule has 0 unspecified atom stereocenters. The summed E-state index contributed by atoms with van der Waals surface area (Å²) >= 11 is 0. The second kappa shape index (κ2) is 4.63. The lowest BCUT2D eigenvalue weighted by Gasteiger charge is -2.15. The van der Waals surface area contributed by atoms with Crippen LogP contribution in [0.2, 0.25) is 0 Å². The minimum absolute atomic E-state index is 0.675. The van der Waals surface area contributed by atoms with Gasteiger partial charge in [-0.2, -0.15) is 0 Å². The van der Waals surface area contributed by atoms with Crippen molar-refractivity contribution in [2.45, 2.75) is 13.5 Å². The molecule has 1 aromatic rings. The summed E-state index contributed by atoms with van der Waals surface area (Å²) in [5.41, 5.74) is 1.41. The van der Waals surface area contributed by atoms with E-state index in [4.69, 9.17) is 0 Å². The zero-order chi connectivity index (χ0) is 10.7. The Balaban J connectivity index is 1.95. The molecule has 0 aromatic heterocycles. The molecule has 2 atom stereocenters. The van der Waals surface area contributed by atoms with Crippen molar-refractivity contribution >= 4 is 0 Å². The predicted molar refractivity (Wildman–Crippen MR) is 64.6 cm³/mol. The summed E-state index contributed by atoms with van der Waals surface area (Å²) in [4.78, 5) is 2.52. The number of hydrogen-bond donors (Lipinski definition) is 0. The molecule has 1 aromatic carbocycles. The van der Waals surface area contributed by atoms with Gasteiger partial charge in [-0.3, -0.25) is 4.90 Å². The van der Waals surface area contributed by atoms with Crippen LogP contribution in [-0.2, 0) is 6.54 Å². The van der Waals surface area contributed by atoms with Gasteiger partial charge in [0, 0.05) is 19.6 Å². The molecule has 0 saturated carbocycles. The van der Waals surface area contributed by atoms with Gasteiger partial charge in [-0.1, -0.05) is 43.3 Å². The lowest BCUT2D eigenvalue weighted by molar-refractivity contribution is 0.318. The number of hydrogen-bond acceptors (Lipinski definition) is 1. The number of nitrogens with zero attached hydrogens (tertiary/aromatic N) is 1. The Hall–Kier alpha value is -1.08. The summed E-state index contributed by atoms with van der Waals surface area (Å²) in [6.45, 7) is 9.67. The number of benzene rings is 1. The van der Waals surface area contributed by atoms with Crippen molar-refractivity contribution in [3.05, 3.63) is 48.6 Å². The maximum atomic E-state index is 3.91. The van der Waals surface area contributed by atoms with Gasteiger partial charge in [0.05, 0.1) is 0 Å². The Labute approximate surface area is 92.4 Å². The van der Waals surface area contributed by atoms with Crippen molar-refractivity contribution in [2.24, 2.45) is 11.8 Å². The summed E-state index contributed by atoms with van der Waals surface area (Å²) in [6.07, 6.45) is 2.11. The molecule has 15 heavy (non-hydrogen) atoms. The Bertz CT molecular complexity index is 317. The molecule has 80 valence electrons. The second-order valence-corrected chi connectivity index (χ2v) is 4.56. The topological polar surface area (TPSA) is 3.24 Å². The van der Waals surface area contributed by atoms with E-state index in [1.165, 1.54) is 18.7 Å². The second-order valence-electron chi connectivity index (χ2n) is 4.56. The SMILES string of the molecule is C=C[C@H]1CN(Cc2ccccc2)C[C@H]1C. The van der Waals surface area contributed by atoms with E-state index in [0.29, 0.717) is 5.92 Å². The summed E-state index contributed by atoms with van der Waals surface area (Å²) in [6, 6.07) is 10.7. The van der Waals surface area contributed by atoms with E-state index in [1.54, 1.807) is 0 Å². The molecule has 0 N–H and O–H groups in total. The third kappa shape index (κ3) is 2.48. The zero-order valence-electron chi connectivity index (χ0n) is 9.39. The molecule has 1 fully saturated rings. The Kier molecular flexibility index (Phi) is 3.22. The molecule has 1 saturated heterocycles. The Morgan fingerprint density at radius 2 is 2.07 bits per heavy atom. The van der Waals surface area contributed by atoms with E-state index in [1.807, 2.05) is 0 Å². The van der Waals surface area contributed by atoms with Crippen LogP contribution in [0.5, 0.6) is 0 Å². The van der Waals surface area contributed by atoms with Gasteiger partial charge in [-0.05, 0) is 17.4 Å². The summed E-state index contributed by atoms with van der Waals surface area (Å²) < 4.78 is 0. The van der Waals surface area contributed by atoms with Crippen LogP contribution in [0.4, 0.5) is 0 Å². The van der Waals surface area contributed by atoms with E-state index < -0.39 is 0 Å². The highest BCUT2D eigenvalue weighted by molar-refractivity contribution is 5.14. The van der Waals surface area contributed by atoms with Crippen molar-refractivity contribution in [3.63, 3.8) is 0 Å². The fourth-order valence-electron chi connectivity index (χ4n) is 2.37. The Morgan fingerprint density at radius 3 is 2.67 bits per heavy atom. The zero-order valence-corrected chi connectivity index (χ0v) is 9.39. The van der Waals surface area contributed by atoms with Crippen LogP contribution < -0.4 is 0 Å². The normalized spacial score (nSPS) is 26.7. The van der Waals surface area contributed by atoms with Gasteiger partial charge in [-0.15, -0.1) is 6.58 Å². The minimum atomic E-state index is 0.675. The third-order valence-corrected chi connectivity index (χ3v) is 3.30. The van der Waals surface area contributed by atoms with E-state index >= 15 is 0 Å². The van der Waals surface area contributed by atoms with Gasteiger partial charge >= 0.3 is 0 Å². The smallest absolute Gasteiger partial charge is 0.0234 e. The molecular formula is C14H19N. The maximum Gasteiger partial charge on any atom is 0.0234 e. The highest BCUT2D eigenvalue weighted by Gasteiger charge is 2.26. The molecule has 1 nitrogen and oxygen atoms in total. The fraction of sp³-hybridized carbons (Fsp3) is 0.429. The molecule has 1 heterocycles. The molecule has 0 bridgehead atoms. The van der Waals surface area contributed by atoms with E-state index in [-0.39, 0.29) is 0 Å². The van der Waals surface area contributed by atoms with Crippen LogP contribution in [0.25, 0.3) is 0 Å². The molecule has 1 aliphatic heterocycles. The van der Waals surface area contributed by atoms with Crippen LogP contribution in [0.15, 0.2) is 43.0 Å². The van der Waals surface area contributed by atoms with Crippen molar-refractivity contribution < 1.29 is 0 Å². The van der Waals surface area contributed by atoms with Gasteiger partial charge in [0.2, 0.25) is 0 Å². The van der Waals surface area contributed by atoms with Crippen LogP contribution in [0.3, 0.4) is 0 Å². The largest absolute Gasteiger partial charge is 0.298 e. The van der Waals surface area contributed by atoms with Crippen LogP contribution in [0.1, 0.15) is 12.5 Å². The quantitative estimate of drug-likeness (QED) is 0.680. The number of rotatable bonds is 3. The average Bonchev–Trinajstić information content (AvgIpc) is 2.60. The summed E-state index contributed by atoms with van der Waals surface area (Å²) in [5, 5.41) is 0. The molecule has 0 amide bonds. The summed E-state index contributed by atoms with van der Waals surface area (Å²) in [7, 11) is 0. The fourth-order valence-corrected chi connectivity index (χ4v) is 2.37. The predicted octanol–water partition coefficient (Wildman–Crippen LogP) is 2.94. The molecular weight excluding hydrogens is 182 g/mol. The first kappa shape index (κ1) is 10.4. The van der Waals surface area contributed by atoms with E-state index in [0.717, 1.165) is 12.5 Å². The monoisotopic (exact) mass is 201 g/mol. The first-order valence-corrected chi connectivity index (χ1v) is 5.68. The van der Waals surface area contributed by atoms with Gasteiger partial charge in [0.1, 0.15) is 0 Å². The lowest BCUT2D eigenvalue weighted by atomic mass is 9.99. The summed E-state index contributed by atoms with van der Waals surface area (Å²) in [5.74, 6) is 1.43. The first-order valence-electron chi connectivity index (χ1n) is 5.68. The van der Waals surface area contributed by atoms with Crippen LogP contribution >= 0.6 is 0 Å². The third-order valence-electron chi connectivity index (χ3n) is 3.30. The lowest BCUT2D eigenvalue weighted by Crippen LogP contribution is -2.19. The molecule has 0 spiro atoms. The van der Waals surface area contributed by atoms with Crippen LogP contribution in [-0.4, -0.2) is 18.0 Å². The molecule has 1 aliphatic rings. The highest BCUT2D eigenvalue weighted by atomic mass is 15.1. The first-order chi connectivity index (χ1) is 7.29. The van der Waals surface area contributed by atoms with E-state index in [9.17, 15) is 0 Å². The standard InChI is InChI=1S/C14H19N/c1-3-14-11-15(9-12(14)2)10-13-7-5-4-6-8-13/h3-8,12,14H,1,9-11H2,2H3/t12-,14+/m1/s1. The molecule has 2 rings (SSSR count). The van der Waals surface area contributed by atoms with Gasteiger partial charge in [-0.25, -0.2) is 0 Å². The molecule has 0 aliphatic carbocycles. The van der Waals surface area contributed by atoms with Gasteiger partial charge in [0.25, 0.3) is 0 Å². The van der Waals surface area contributed by atoms with Gasteiger partial charge in [0.15, 0.2) is 0 Å². The van der Waals surface area contributed by atoms with E-state index in [2.05, 4.69) is 54.8 Å². The van der Waals surface area contributed by atoms with Crippen LogP contribution in [0, 0.1) is 11.8 Å². The van der Waals surface area contributed by atoms with Crippen molar-refractivity contribution in [1.82, 2.24) is 4.90 Å². The molecule has 0 radical (unpaired) electrons. The molecule has 1 heteroatoms. The minimum Gasteiger partial charge on any atom is -0.298 e. The van der Waals surface area contributed by atoms with Crippen molar-refractivity contribution in [1.29, 1.82) is 0 Å². The highest BCUT2D eigenvalue weighted by Crippen LogP contribution is 2.24. The van der Waals surface area contributed by atoms with Crippen molar-refractivity contribution in [2.75, 3.05) is 13.1 Å². The Morgan fingerprint density at radius 1 is 1.33 bits per heavy atom.